The molecule has 3 rings (SSSR count). The molecule has 0 radical (unpaired) electrons. The molecule has 1 aromatic heterocycles. The van der Waals surface area contributed by atoms with Crippen LogP contribution in [-0.2, 0) is 10.9 Å². The van der Waals surface area contributed by atoms with Gasteiger partial charge in [-0.3, -0.25) is 4.98 Å². The van der Waals surface area contributed by atoms with Crippen LogP contribution in [0.1, 0.15) is 43.2 Å². The van der Waals surface area contributed by atoms with Gasteiger partial charge in [-0.2, -0.15) is 13.2 Å². The number of pyridine rings is 1. The monoisotopic (exact) mass is 366 g/mol. The Kier molecular flexibility index (Phi) is 5.82. The lowest BCUT2D eigenvalue weighted by Gasteiger charge is -2.35. The Bertz CT molecular complexity index is 747. The van der Waals surface area contributed by atoms with Crippen molar-refractivity contribution in [3.05, 3.63) is 41.6 Å². The van der Waals surface area contributed by atoms with Crippen LogP contribution in [0.4, 0.5) is 13.2 Å². The maximum atomic E-state index is 13.3. The van der Waals surface area contributed by atoms with E-state index in [-0.39, 0.29) is 11.4 Å². The van der Waals surface area contributed by atoms with Gasteiger partial charge in [0.2, 0.25) is 0 Å². The fraction of sp³-hybridized carbons (Fsp3) is 0.550. The molecule has 1 heterocycles. The number of fused-ring (bicyclic) bond motifs is 1. The second kappa shape index (κ2) is 7.92. The Balaban J connectivity index is 1.92. The van der Waals surface area contributed by atoms with Crippen LogP contribution >= 0.6 is 0 Å². The molecule has 3 atom stereocenters. The largest absolute Gasteiger partial charge is 0.418 e. The van der Waals surface area contributed by atoms with E-state index in [4.69, 9.17) is 4.74 Å². The molecule has 0 amide bonds. The topological polar surface area (TPSA) is 34.1 Å². The van der Waals surface area contributed by atoms with Crippen LogP contribution in [-0.4, -0.2) is 31.3 Å². The standard InChI is InChI=1S/C20H25F3N2O/c1-13-10-14(12-15(11-13)24-8-9-26-2)16-5-6-18(20(21,22)23)19-17(16)4-3-7-25-19/h3-7,13-15,24H,8-12H2,1-2H3. The zero-order valence-electron chi connectivity index (χ0n) is 15.1. The molecule has 6 heteroatoms. The number of nitrogens with one attached hydrogen (secondary N) is 1. The third-order valence-corrected chi connectivity index (χ3v) is 5.23. The van der Waals surface area contributed by atoms with E-state index in [9.17, 15) is 13.2 Å². The van der Waals surface area contributed by atoms with Gasteiger partial charge in [-0.15, -0.1) is 0 Å². The lowest BCUT2D eigenvalue weighted by Crippen LogP contribution is -2.38. The molecule has 0 spiro atoms. The zero-order chi connectivity index (χ0) is 18.7. The van der Waals surface area contributed by atoms with Crippen molar-refractivity contribution in [3.63, 3.8) is 0 Å². The minimum absolute atomic E-state index is 0.0552. The van der Waals surface area contributed by atoms with Gasteiger partial charge in [0.25, 0.3) is 0 Å². The van der Waals surface area contributed by atoms with E-state index in [1.165, 1.54) is 12.3 Å². The van der Waals surface area contributed by atoms with Gasteiger partial charge in [0.15, 0.2) is 0 Å². The predicted octanol–water partition coefficient (Wildman–Crippen LogP) is 4.76. The molecule has 1 N–H and O–H groups in total. The Hall–Kier alpha value is -1.66. The van der Waals surface area contributed by atoms with E-state index in [2.05, 4.69) is 17.2 Å². The molecule has 1 fully saturated rings. The summed E-state index contributed by atoms with van der Waals surface area (Å²) in [6.07, 6.45) is 0.0213. The minimum atomic E-state index is -4.39. The highest BCUT2D eigenvalue weighted by Crippen LogP contribution is 2.41. The Morgan fingerprint density at radius 1 is 1.19 bits per heavy atom. The second-order valence-electron chi connectivity index (χ2n) is 7.25. The van der Waals surface area contributed by atoms with Gasteiger partial charge in [-0.25, -0.2) is 0 Å². The van der Waals surface area contributed by atoms with Gasteiger partial charge < -0.3 is 10.1 Å². The number of ether oxygens (including phenoxy) is 1. The normalized spacial score (nSPS) is 24.1. The van der Waals surface area contributed by atoms with Crippen LogP contribution in [0.3, 0.4) is 0 Å². The molecule has 2 aromatic rings. The molecule has 26 heavy (non-hydrogen) atoms. The summed E-state index contributed by atoms with van der Waals surface area (Å²) in [6, 6.07) is 6.68. The SMILES string of the molecule is COCCNC1CC(C)CC(c2ccc(C(F)(F)F)c3ncccc23)C1. The molecule has 0 saturated heterocycles. The average molecular weight is 366 g/mol. The number of hydrogen-bond donors (Lipinski definition) is 1. The maximum absolute atomic E-state index is 13.3. The first-order chi connectivity index (χ1) is 12.4. The van der Waals surface area contributed by atoms with Crippen LogP contribution in [0.15, 0.2) is 30.5 Å². The summed E-state index contributed by atoms with van der Waals surface area (Å²) in [5.74, 6) is 0.746. The molecule has 0 bridgehead atoms. The van der Waals surface area contributed by atoms with E-state index in [1.54, 1.807) is 25.3 Å². The van der Waals surface area contributed by atoms with Gasteiger partial charge in [0.1, 0.15) is 0 Å². The van der Waals surface area contributed by atoms with Crippen LogP contribution in [0.25, 0.3) is 10.9 Å². The van der Waals surface area contributed by atoms with Crippen LogP contribution in [0.5, 0.6) is 0 Å². The second-order valence-corrected chi connectivity index (χ2v) is 7.25. The highest BCUT2D eigenvalue weighted by Gasteiger charge is 2.35. The van der Waals surface area contributed by atoms with E-state index in [0.29, 0.717) is 24.0 Å². The maximum Gasteiger partial charge on any atom is 0.418 e. The summed E-state index contributed by atoms with van der Waals surface area (Å²) in [6.45, 7) is 3.65. The van der Waals surface area contributed by atoms with E-state index >= 15 is 0 Å². The number of hydrogen-bond acceptors (Lipinski definition) is 3. The summed E-state index contributed by atoms with van der Waals surface area (Å²) in [5.41, 5.74) is 0.376. The number of rotatable bonds is 5. The number of halogens is 3. The number of alkyl halides is 3. The number of aromatic nitrogens is 1. The number of methoxy groups -OCH3 is 1. The van der Waals surface area contributed by atoms with Gasteiger partial charge in [-0.1, -0.05) is 19.1 Å². The molecule has 1 aliphatic rings. The van der Waals surface area contributed by atoms with Crippen molar-refractivity contribution in [3.8, 4) is 0 Å². The molecular weight excluding hydrogens is 341 g/mol. The third kappa shape index (κ3) is 4.18. The lowest BCUT2D eigenvalue weighted by atomic mass is 9.75. The van der Waals surface area contributed by atoms with Crippen molar-refractivity contribution in [2.75, 3.05) is 20.3 Å². The van der Waals surface area contributed by atoms with Gasteiger partial charge in [0.05, 0.1) is 17.7 Å². The fourth-order valence-corrected chi connectivity index (χ4v) is 4.17. The first-order valence-electron chi connectivity index (χ1n) is 9.07. The van der Waals surface area contributed by atoms with Crippen molar-refractivity contribution < 1.29 is 17.9 Å². The molecule has 1 saturated carbocycles. The van der Waals surface area contributed by atoms with Crippen molar-refractivity contribution >= 4 is 10.9 Å². The lowest BCUT2D eigenvalue weighted by molar-refractivity contribution is -0.136. The molecule has 0 aliphatic heterocycles. The van der Waals surface area contributed by atoms with Gasteiger partial charge >= 0.3 is 6.18 Å². The Morgan fingerprint density at radius 3 is 2.73 bits per heavy atom. The molecular formula is C20H25F3N2O. The highest BCUT2D eigenvalue weighted by atomic mass is 19.4. The quantitative estimate of drug-likeness (QED) is 0.775. The number of benzene rings is 1. The van der Waals surface area contributed by atoms with Crippen LogP contribution in [0, 0.1) is 5.92 Å². The highest BCUT2D eigenvalue weighted by molar-refractivity contribution is 5.86. The predicted molar refractivity (Wildman–Crippen MR) is 96.2 cm³/mol. The third-order valence-electron chi connectivity index (χ3n) is 5.23. The van der Waals surface area contributed by atoms with Crippen molar-refractivity contribution in [1.82, 2.24) is 10.3 Å². The Morgan fingerprint density at radius 2 is 2.00 bits per heavy atom. The molecule has 3 nitrogen and oxygen atoms in total. The first-order valence-corrected chi connectivity index (χ1v) is 9.07. The molecule has 1 aromatic carbocycles. The summed E-state index contributed by atoms with van der Waals surface area (Å²) in [5, 5.41) is 4.14. The van der Waals surface area contributed by atoms with Gasteiger partial charge in [-0.05, 0) is 48.8 Å². The summed E-state index contributed by atoms with van der Waals surface area (Å²) in [7, 11) is 1.68. The summed E-state index contributed by atoms with van der Waals surface area (Å²) in [4.78, 5) is 4.05. The van der Waals surface area contributed by atoms with Crippen LogP contribution in [0.2, 0.25) is 0 Å². The van der Waals surface area contributed by atoms with E-state index in [0.717, 1.165) is 31.4 Å². The molecule has 3 unspecified atom stereocenters. The van der Waals surface area contributed by atoms with Crippen LogP contribution < -0.4 is 5.32 Å². The van der Waals surface area contributed by atoms with E-state index < -0.39 is 11.7 Å². The fourth-order valence-electron chi connectivity index (χ4n) is 4.17. The van der Waals surface area contributed by atoms with Gasteiger partial charge in [0, 0.05) is 31.3 Å². The summed E-state index contributed by atoms with van der Waals surface area (Å²) >= 11 is 0. The van der Waals surface area contributed by atoms with Crippen molar-refractivity contribution in [1.29, 1.82) is 0 Å². The molecule has 142 valence electrons. The summed E-state index contributed by atoms with van der Waals surface area (Å²) < 4.78 is 45.1. The Labute approximate surface area is 152 Å². The van der Waals surface area contributed by atoms with Crippen molar-refractivity contribution in [2.24, 2.45) is 5.92 Å². The zero-order valence-corrected chi connectivity index (χ0v) is 15.1. The van der Waals surface area contributed by atoms with E-state index in [1.807, 2.05) is 0 Å². The van der Waals surface area contributed by atoms with Crippen molar-refractivity contribution in [2.45, 2.75) is 44.3 Å². The first kappa shape index (κ1) is 19.1. The average Bonchev–Trinajstić information content (AvgIpc) is 2.59. The smallest absolute Gasteiger partial charge is 0.383 e. The minimum Gasteiger partial charge on any atom is -0.383 e. The molecule has 1 aliphatic carbocycles. The number of nitrogens with zero attached hydrogens (tertiary/aromatic N) is 1.